The summed E-state index contributed by atoms with van der Waals surface area (Å²) in [7, 11) is -2.37. The third-order valence-corrected chi connectivity index (χ3v) is 8.71. The summed E-state index contributed by atoms with van der Waals surface area (Å²) in [5.74, 6) is 0. The standard InChI is InChI=1S/C32H67O3P/c1-5-7-9-11-13-15-17-19-21-23-25-27-29-31(3)34-36(33)35-32(4)30-28-26-24-22-20-18-16-14-12-10-8-6-2/h31-32,36H,5-30H2,1-4H3. The average molecular weight is 531 g/mol. The Balaban J connectivity index is 3.42. The van der Waals surface area contributed by atoms with Crippen LogP contribution in [0.4, 0.5) is 0 Å². The van der Waals surface area contributed by atoms with E-state index >= 15 is 0 Å². The van der Waals surface area contributed by atoms with E-state index in [2.05, 4.69) is 13.8 Å². The van der Waals surface area contributed by atoms with Gasteiger partial charge in [0, 0.05) is 0 Å². The van der Waals surface area contributed by atoms with Gasteiger partial charge in [-0.05, 0) is 26.7 Å². The van der Waals surface area contributed by atoms with E-state index in [1.54, 1.807) is 0 Å². The summed E-state index contributed by atoms with van der Waals surface area (Å²) in [6.07, 6.45) is 34.8. The Morgan fingerprint density at radius 1 is 0.417 bits per heavy atom. The van der Waals surface area contributed by atoms with Crippen molar-refractivity contribution in [3.63, 3.8) is 0 Å². The van der Waals surface area contributed by atoms with Crippen LogP contribution in [-0.4, -0.2) is 12.2 Å². The second kappa shape index (κ2) is 29.7. The molecule has 0 aliphatic rings. The van der Waals surface area contributed by atoms with Crippen LogP contribution in [0.5, 0.6) is 0 Å². The van der Waals surface area contributed by atoms with Crippen molar-refractivity contribution in [1.29, 1.82) is 0 Å². The molecule has 0 aliphatic heterocycles. The molecular formula is C32H67O3P. The third kappa shape index (κ3) is 28.7. The summed E-state index contributed by atoms with van der Waals surface area (Å²) in [5, 5.41) is 0. The zero-order chi connectivity index (χ0) is 26.5. The fourth-order valence-electron chi connectivity index (χ4n) is 5.02. The highest BCUT2D eigenvalue weighted by atomic mass is 31.1. The lowest BCUT2D eigenvalue weighted by molar-refractivity contribution is 0.133. The van der Waals surface area contributed by atoms with E-state index in [-0.39, 0.29) is 12.2 Å². The molecular weight excluding hydrogens is 463 g/mol. The zero-order valence-corrected chi connectivity index (χ0v) is 26.3. The average Bonchev–Trinajstić information content (AvgIpc) is 2.85. The largest absolute Gasteiger partial charge is 0.319 e. The zero-order valence-electron chi connectivity index (χ0n) is 25.3. The van der Waals surface area contributed by atoms with Gasteiger partial charge in [-0.3, -0.25) is 4.57 Å². The van der Waals surface area contributed by atoms with Crippen LogP contribution in [0, 0.1) is 0 Å². The first-order valence-corrected chi connectivity index (χ1v) is 17.7. The lowest BCUT2D eigenvalue weighted by Gasteiger charge is -2.16. The molecule has 36 heavy (non-hydrogen) atoms. The fourth-order valence-corrected chi connectivity index (χ4v) is 5.97. The molecule has 0 saturated carbocycles. The molecule has 0 aromatic carbocycles. The molecule has 218 valence electrons. The molecule has 0 N–H and O–H groups in total. The molecule has 0 aromatic rings. The maximum Gasteiger partial charge on any atom is 0.319 e. The Kier molecular flexibility index (Phi) is 29.8. The molecule has 0 radical (unpaired) electrons. The molecule has 0 aliphatic carbocycles. The van der Waals surface area contributed by atoms with E-state index in [9.17, 15) is 4.57 Å². The third-order valence-electron chi connectivity index (χ3n) is 7.52. The van der Waals surface area contributed by atoms with E-state index in [0.717, 1.165) is 12.8 Å². The smallest absolute Gasteiger partial charge is 0.308 e. The second-order valence-electron chi connectivity index (χ2n) is 11.5. The van der Waals surface area contributed by atoms with Gasteiger partial charge in [0.05, 0.1) is 12.2 Å². The van der Waals surface area contributed by atoms with Crippen LogP contribution in [0.1, 0.15) is 195 Å². The van der Waals surface area contributed by atoms with Crippen LogP contribution in [0.25, 0.3) is 0 Å². The normalized spacial score (nSPS) is 14.2. The molecule has 0 fully saturated rings. The van der Waals surface area contributed by atoms with Crippen molar-refractivity contribution < 1.29 is 13.6 Å². The highest BCUT2D eigenvalue weighted by Crippen LogP contribution is 2.31. The van der Waals surface area contributed by atoms with Crippen LogP contribution in [0.3, 0.4) is 0 Å². The molecule has 3 nitrogen and oxygen atoms in total. The molecule has 0 aromatic heterocycles. The van der Waals surface area contributed by atoms with Crippen molar-refractivity contribution in [3.05, 3.63) is 0 Å². The minimum atomic E-state index is -2.37. The first-order chi connectivity index (χ1) is 17.6. The Labute approximate surface area is 228 Å². The van der Waals surface area contributed by atoms with Crippen LogP contribution in [0.15, 0.2) is 0 Å². The maximum atomic E-state index is 12.2. The quantitative estimate of drug-likeness (QED) is 0.0684. The lowest BCUT2D eigenvalue weighted by atomic mass is 10.0. The first kappa shape index (κ1) is 36.1. The summed E-state index contributed by atoms with van der Waals surface area (Å²) in [6, 6.07) is 0. The molecule has 0 rings (SSSR count). The Hall–Kier alpha value is 0.150. The van der Waals surface area contributed by atoms with Gasteiger partial charge in [-0.15, -0.1) is 0 Å². The van der Waals surface area contributed by atoms with Crippen LogP contribution in [-0.2, 0) is 13.6 Å². The Morgan fingerprint density at radius 2 is 0.639 bits per heavy atom. The summed E-state index contributed by atoms with van der Waals surface area (Å²) in [4.78, 5) is 0. The van der Waals surface area contributed by atoms with E-state index in [0.29, 0.717) is 0 Å². The highest BCUT2D eigenvalue weighted by Gasteiger charge is 2.11. The minimum absolute atomic E-state index is 0.0401. The molecule has 0 saturated heterocycles. The van der Waals surface area contributed by atoms with Gasteiger partial charge in [0.25, 0.3) is 0 Å². The van der Waals surface area contributed by atoms with E-state index < -0.39 is 8.25 Å². The van der Waals surface area contributed by atoms with Gasteiger partial charge in [0.15, 0.2) is 0 Å². The van der Waals surface area contributed by atoms with Crippen LogP contribution >= 0.6 is 8.25 Å². The van der Waals surface area contributed by atoms with Gasteiger partial charge in [-0.1, -0.05) is 168 Å². The molecule has 2 atom stereocenters. The van der Waals surface area contributed by atoms with Crippen molar-refractivity contribution in [2.75, 3.05) is 0 Å². The first-order valence-electron chi connectivity index (χ1n) is 16.5. The van der Waals surface area contributed by atoms with E-state index in [1.807, 2.05) is 13.8 Å². The van der Waals surface area contributed by atoms with E-state index in [1.165, 1.54) is 154 Å². The number of unbranched alkanes of at least 4 members (excludes halogenated alkanes) is 22. The topological polar surface area (TPSA) is 35.5 Å². The predicted molar refractivity (Wildman–Crippen MR) is 161 cm³/mol. The van der Waals surface area contributed by atoms with Gasteiger partial charge >= 0.3 is 8.25 Å². The van der Waals surface area contributed by atoms with Crippen LogP contribution < -0.4 is 0 Å². The monoisotopic (exact) mass is 530 g/mol. The molecule has 0 amide bonds. The van der Waals surface area contributed by atoms with Gasteiger partial charge in [-0.25, -0.2) is 0 Å². The summed E-state index contributed by atoms with van der Waals surface area (Å²) < 4.78 is 23.6. The van der Waals surface area contributed by atoms with Crippen molar-refractivity contribution in [1.82, 2.24) is 0 Å². The van der Waals surface area contributed by atoms with Crippen molar-refractivity contribution in [2.45, 2.75) is 207 Å². The summed E-state index contributed by atoms with van der Waals surface area (Å²) >= 11 is 0. The Morgan fingerprint density at radius 3 is 0.889 bits per heavy atom. The second-order valence-corrected chi connectivity index (χ2v) is 12.4. The maximum absolute atomic E-state index is 12.2. The van der Waals surface area contributed by atoms with Crippen molar-refractivity contribution >= 4 is 8.25 Å². The molecule has 2 unspecified atom stereocenters. The number of hydrogen-bond donors (Lipinski definition) is 0. The number of hydrogen-bond acceptors (Lipinski definition) is 3. The number of rotatable bonds is 30. The SMILES string of the molecule is CCCCCCCCCCCCCCC(C)O[PH](=O)OC(C)CCCCCCCCCCCCCC. The van der Waals surface area contributed by atoms with Gasteiger partial charge in [-0.2, -0.15) is 0 Å². The van der Waals surface area contributed by atoms with Gasteiger partial charge < -0.3 is 9.05 Å². The lowest BCUT2D eigenvalue weighted by Crippen LogP contribution is -2.07. The molecule has 0 bridgehead atoms. The minimum Gasteiger partial charge on any atom is -0.308 e. The van der Waals surface area contributed by atoms with Crippen LogP contribution in [0.2, 0.25) is 0 Å². The summed E-state index contributed by atoms with van der Waals surface area (Å²) in [6.45, 7) is 8.65. The predicted octanol–water partition coefficient (Wildman–Crippen LogP) is 12.4. The van der Waals surface area contributed by atoms with Gasteiger partial charge in [0.1, 0.15) is 0 Å². The molecule has 0 spiro atoms. The molecule has 4 heteroatoms. The summed E-state index contributed by atoms with van der Waals surface area (Å²) in [5.41, 5.74) is 0. The van der Waals surface area contributed by atoms with Gasteiger partial charge in [0.2, 0.25) is 0 Å². The van der Waals surface area contributed by atoms with E-state index in [4.69, 9.17) is 9.05 Å². The highest BCUT2D eigenvalue weighted by molar-refractivity contribution is 7.33. The van der Waals surface area contributed by atoms with Crippen molar-refractivity contribution in [2.24, 2.45) is 0 Å². The fraction of sp³-hybridized carbons (Fsp3) is 1.00. The van der Waals surface area contributed by atoms with Crippen molar-refractivity contribution in [3.8, 4) is 0 Å². The Bertz CT molecular complexity index is 405. The molecule has 0 heterocycles.